The highest BCUT2D eigenvalue weighted by Gasteiger charge is 2.24. The lowest BCUT2D eigenvalue weighted by Gasteiger charge is -2.35. The average molecular weight is 397 g/mol. The number of imidazole rings is 1. The van der Waals surface area contributed by atoms with Crippen LogP contribution in [-0.4, -0.2) is 51.3 Å². The van der Waals surface area contributed by atoms with Crippen molar-refractivity contribution in [1.29, 1.82) is 0 Å². The Bertz CT molecular complexity index is 952. The van der Waals surface area contributed by atoms with Crippen LogP contribution in [0.3, 0.4) is 0 Å². The molecule has 0 bridgehead atoms. The van der Waals surface area contributed by atoms with Crippen LogP contribution in [0.25, 0.3) is 16.2 Å². The first-order chi connectivity index (χ1) is 13.5. The highest BCUT2D eigenvalue weighted by atomic mass is 32.1. The molecule has 1 aromatic carbocycles. The lowest BCUT2D eigenvalue weighted by Crippen LogP contribution is -2.48. The van der Waals surface area contributed by atoms with Crippen LogP contribution in [0.5, 0.6) is 0 Å². The first-order valence-electron chi connectivity index (χ1n) is 10.0. The van der Waals surface area contributed by atoms with Crippen LogP contribution in [0.4, 0.5) is 0 Å². The molecule has 2 aromatic heterocycles. The fourth-order valence-electron chi connectivity index (χ4n) is 3.88. The number of piperazine rings is 1. The molecule has 1 aliphatic heterocycles. The maximum atomic E-state index is 12.4. The average Bonchev–Trinajstić information content (AvgIpc) is 3.23. The third-order valence-electron chi connectivity index (χ3n) is 5.36. The standard InChI is InChI=1S/C22H28N4OS/c1-16(2)13-20(27)25-11-9-24(10-12-25)14-19-21(18-7-5-4-6-8-18)23-22-26(19)17(3)15-28-22/h4-8,15-16H,9-14H2,1-3H3. The number of nitrogens with zero attached hydrogens (tertiary/aromatic N) is 4. The minimum atomic E-state index is 0.292. The molecule has 0 atom stereocenters. The zero-order chi connectivity index (χ0) is 19.7. The van der Waals surface area contributed by atoms with E-state index >= 15 is 0 Å². The molecule has 0 saturated carbocycles. The first-order valence-corrected chi connectivity index (χ1v) is 10.9. The molecule has 0 unspecified atom stereocenters. The fraction of sp³-hybridized carbons (Fsp3) is 0.455. The van der Waals surface area contributed by atoms with Crippen LogP contribution < -0.4 is 0 Å². The Morgan fingerprint density at radius 1 is 1.14 bits per heavy atom. The minimum absolute atomic E-state index is 0.292. The van der Waals surface area contributed by atoms with Crippen LogP contribution in [0.15, 0.2) is 35.7 Å². The number of hydrogen-bond donors (Lipinski definition) is 0. The Morgan fingerprint density at radius 2 is 1.86 bits per heavy atom. The van der Waals surface area contributed by atoms with Crippen molar-refractivity contribution in [2.24, 2.45) is 5.92 Å². The molecule has 28 heavy (non-hydrogen) atoms. The molecular weight excluding hydrogens is 368 g/mol. The van der Waals surface area contributed by atoms with Gasteiger partial charge in [-0.05, 0) is 12.8 Å². The van der Waals surface area contributed by atoms with E-state index in [1.807, 2.05) is 11.0 Å². The number of rotatable bonds is 5. The lowest BCUT2D eigenvalue weighted by atomic mass is 10.1. The van der Waals surface area contributed by atoms with Crippen molar-refractivity contribution in [3.63, 3.8) is 0 Å². The molecule has 1 saturated heterocycles. The van der Waals surface area contributed by atoms with Crippen molar-refractivity contribution in [1.82, 2.24) is 19.2 Å². The van der Waals surface area contributed by atoms with E-state index in [2.05, 4.69) is 59.7 Å². The number of hydrogen-bond acceptors (Lipinski definition) is 4. The van der Waals surface area contributed by atoms with E-state index in [1.54, 1.807) is 11.3 Å². The van der Waals surface area contributed by atoms with E-state index in [4.69, 9.17) is 4.98 Å². The lowest BCUT2D eigenvalue weighted by molar-refractivity contribution is -0.133. The zero-order valence-corrected chi connectivity index (χ0v) is 17.7. The van der Waals surface area contributed by atoms with E-state index < -0.39 is 0 Å². The van der Waals surface area contributed by atoms with Gasteiger partial charge in [-0.25, -0.2) is 4.98 Å². The Balaban J connectivity index is 1.54. The van der Waals surface area contributed by atoms with E-state index in [0.29, 0.717) is 18.2 Å². The number of thiazole rings is 1. The zero-order valence-electron chi connectivity index (χ0n) is 16.9. The first kappa shape index (κ1) is 19.2. The van der Waals surface area contributed by atoms with Gasteiger partial charge >= 0.3 is 0 Å². The molecule has 4 rings (SSSR count). The van der Waals surface area contributed by atoms with E-state index in [0.717, 1.165) is 43.4 Å². The number of carbonyl (C=O) groups is 1. The number of carbonyl (C=O) groups excluding carboxylic acids is 1. The molecule has 6 heteroatoms. The smallest absolute Gasteiger partial charge is 0.222 e. The predicted molar refractivity (Wildman–Crippen MR) is 115 cm³/mol. The molecule has 0 aliphatic carbocycles. The number of fused-ring (bicyclic) bond motifs is 1. The highest BCUT2D eigenvalue weighted by molar-refractivity contribution is 7.15. The largest absolute Gasteiger partial charge is 0.340 e. The second kappa shape index (κ2) is 8.05. The SMILES string of the molecule is Cc1csc2nc(-c3ccccc3)c(CN3CCN(C(=O)CC(C)C)CC3)n12. The van der Waals surface area contributed by atoms with Crippen molar-refractivity contribution in [3.05, 3.63) is 47.1 Å². The molecule has 0 N–H and O–H groups in total. The van der Waals surface area contributed by atoms with Gasteiger partial charge < -0.3 is 4.90 Å². The Labute approximate surface area is 170 Å². The summed E-state index contributed by atoms with van der Waals surface area (Å²) in [4.78, 5) is 22.8. The van der Waals surface area contributed by atoms with Gasteiger partial charge in [-0.1, -0.05) is 44.2 Å². The molecule has 3 aromatic rings. The summed E-state index contributed by atoms with van der Waals surface area (Å²) in [6.07, 6.45) is 0.648. The van der Waals surface area contributed by atoms with Gasteiger partial charge in [-0.15, -0.1) is 11.3 Å². The van der Waals surface area contributed by atoms with Gasteiger partial charge in [0.2, 0.25) is 5.91 Å². The van der Waals surface area contributed by atoms with Crippen molar-refractivity contribution in [3.8, 4) is 11.3 Å². The maximum Gasteiger partial charge on any atom is 0.222 e. The van der Waals surface area contributed by atoms with Crippen LogP contribution in [0.1, 0.15) is 31.7 Å². The highest BCUT2D eigenvalue weighted by Crippen LogP contribution is 2.29. The monoisotopic (exact) mass is 396 g/mol. The summed E-state index contributed by atoms with van der Waals surface area (Å²) in [5, 5.41) is 2.17. The topological polar surface area (TPSA) is 40.9 Å². The summed E-state index contributed by atoms with van der Waals surface area (Å²) < 4.78 is 2.29. The maximum absolute atomic E-state index is 12.4. The molecule has 148 valence electrons. The summed E-state index contributed by atoms with van der Waals surface area (Å²) in [5.41, 5.74) is 4.73. The molecule has 0 spiro atoms. The van der Waals surface area contributed by atoms with Gasteiger partial charge in [0.05, 0.1) is 11.4 Å². The summed E-state index contributed by atoms with van der Waals surface area (Å²) in [7, 11) is 0. The molecular formula is C22H28N4OS. The van der Waals surface area contributed by atoms with Gasteiger partial charge in [-0.3, -0.25) is 14.1 Å². The minimum Gasteiger partial charge on any atom is -0.340 e. The van der Waals surface area contributed by atoms with Crippen molar-refractivity contribution in [2.45, 2.75) is 33.7 Å². The number of benzene rings is 1. The number of amides is 1. The van der Waals surface area contributed by atoms with Gasteiger partial charge in [0.25, 0.3) is 0 Å². The molecule has 5 nitrogen and oxygen atoms in total. The fourth-order valence-corrected chi connectivity index (χ4v) is 4.77. The van der Waals surface area contributed by atoms with Gasteiger partial charge in [0, 0.05) is 55.8 Å². The van der Waals surface area contributed by atoms with Gasteiger partial charge in [-0.2, -0.15) is 0 Å². The predicted octanol–water partition coefficient (Wildman–Crippen LogP) is 4.06. The Hall–Kier alpha value is -2.18. The van der Waals surface area contributed by atoms with E-state index in [-0.39, 0.29) is 0 Å². The van der Waals surface area contributed by atoms with Crippen molar-refractivity contribution in [2.75, 3.05) is 26.2 Å². The molecule has 1 fully saturated rings. The third-order valence-corrected chi connectivity index (χ3v) is 6.30. The van der Waals surface area contributed by atoms with Crippen LogP contribution >= 0.6 is 11.3 Å². The summed E-state index contributed by atoms with van der Waals surface area (Å²) in [5.74, 6) is 0.709. The van der Waals surface area contributed by atoms with Crippen molar-refractivity contribution < 1.29 is 4.79 Å². The van der Waals surface area contributed by atoms with Crippen molar-refractivity contribution >= 4 is 22.2 Å². The van der Waals surface area contributed by atoms with Gasteiger partial charge in [0.1, 0.15) is 0 Å². The molecule has 3 heterocycles. The Kier molecular flexibility index (Phi) is 5.51. The quantitative estimate of drug-likeness (QED) is 0.653. The van der Waals surface area contributed by atoms with Crippen LogP contribution in [0.2, 0.25) is 0 Å². The molecule has 0 radical (unpaired) electrons. The number of aromatic nitrogens is 2. The van der Waals surface area contributed by atoms with Gasteiger partial charge in [0.15, 0.2) is 4.96 Å². The third kappa shape index (κ3) is 3.84. The Morgan fingerprint density at radius 3 is 2.54 bits per heavy atom. The van der Waals surface area contributed by atoms with E-state index in [1.165, 1.54) is 17.0 Å². The molecule has 1 aliphatic rings. The summed E-state index contributed by atoms with van der Waals surface area (Å²) >= 11 is 1.70. The molecule has 1 amide bonds. The second-order valence-electron chi connectivity index (χ2n) is 8.02. The number of aryl methyl sites for hydroxylation is 1. The van der Waals surface area contributed by atoms with Crippen LogP contribution in [0, 0.1) is 12.8 Å². The van der Waals surface area contributed by atoms with Crippen LogP contribution in [-0.2, 0) is 11.3 Å². The summed E-state index contributed by atoms with van der Waals surface area (Å²) in [6.45, 7) is 10.7. The normalized spacial score (nSPS) is 15.6. The summed E-state index contributed by atoms with van der Waals surface area (Å²) in [6, 6.07) is 10.4. The van der Waals surface area contributed by atoms with E-state index in [9.17, 15) is 4.79 Å². The second-order valence-corrected chi connectivity index (χ2v) is 8.86.